The topological polar surface area (TPSA) is 60.7 Å². The van der Waals surface area contributed by atoms with Gasteiger partial charge in [-0.3, -0.25) is 4.98 Å². The van der Waals surface area contributed by atoms with E-state index < -0.39 is 17.6 Å². The first kappa shape index (κ1) is 20.0. The molecule has 1 aromatic carbocycles. The Labute approximate surface area is 173 Å². The van der Waals surface area contributed by atoms with Crippen LogP contribution in [0.4, 0.5) is 13.2 Å². The van der Waals surface area contributed by atoms with Crippen molar-refractivity contribution in [3.05, 3.63) is 92.9 Å². The van der Waals surface area contributed by atoms with E-state index in [1.54, 1.807) is 24.4 Å². The lowest BCUT2D eigenvalue weighted by Gasteiger charge is -2.15. The van der Waals surface area contributed by atoms with Gasteiger partial charge in [0.05, 0.1) is 16.4 Å². The SMILES string of the molecule is Cc1cc(Cc2nc(=O)n(-c3ccccc3Cl)c3nc(C(F)(F)F)ccc23)ccn1. The molecule has 0 atom stereocenters. The van der Waals surface area contributed by atoms with Crippen LogP contribution in [0.2, 0.25) is 5.02 Å². The van der Waals surface area contributed by atoms with E-state index in [0.717, 1.165) is 21.9 Å². The van der Waals surface area contributed by atoms with Crippen LogP contribution in [-0.4, -0.2) is 19.5 Å². The minimum atomic E-state index is -4.67. The van der Waals surface area contributed by atoms with E-state index >= 15 is 0 Å². The third kappa shape index (κ3) is 3.78. The van der Waals surface area contributed by atoms with E-state index in [2.05, 4.69) is 15.0 Å². The molecule has 0 aliphatic rings. The van der Waals surface area contributed by atoms with Crippen LogP contribution < -0.4 is 5.69 Å². The van der Waals surface area contributed by atoms with Gasteiger partial charge in [-0.1, -0.05) is 23.7 Å². The summed E-state index contributed by atoms with van der Waals surface area (Å²) in [6.45, 7) is 1.82. The fraction of sp³-hybridized carbons (Fsp3) is 0.143. The van der Waals surface area contributed by atoms with Gasteiger partial charge < -0.3 is 0 Å². The summed E-state index contributed by atoms with van der Waals surface area (Å²) in [5, 5.41) is 0.524. The number of para-hydroxylation sites is 1. The van der Waals surface area contributed by atoms with Crippen molar-refractivity contribution in [2.24, 2.45) is 0 Å². The van der Waals surface area contributed by atoms with Crippen LogP contribution in [0.5, 0.6) is 0 Å². The molecule has 9 heteroatoms. The second kappa shape index (κ2) is 7.53. The molecule has 0 aliphatic carbocycles. The van der Waals surface area contributed by atoms with Crippen LogP contribution in [0, 0.1) is 6.92 Å². The Hall–Kier alpha value is -3.26. The molecule has 5 nitrogen and oxygen atoms in total. The van der Waals surface area contributed by atoms with Crippen LogP contribution >= 0.6 is 11.6 Å². The van der Waals surface area contributed by atoms with Crippen LogP contribution in [0.3, 0.4) is 0 Å². The molecule has 30 heavy (non-hydrogen) atoms. The van der Waals surface area contributed by atoms with Crippen LogP contribution in [0.25, 0.3) is 16.7 Å². The van der Waals surface area contributed by atoms with Crippen molar-refractivity contribution in [1.29, 1.82) is 0 Å². The second-order valence-electron chi connectivity index (χ2n) is 6.68. The number of alkyl halides is 3. The summed E-state index contributed by atoms with van der Waals surface area (Å²) in [4.78, 5) is 24.9. The molecule has 0 saturated carbocycles. The van der Waals surface area contributed by atoms with Crippen molar-refractivity contribution < 1.29 is 13.2 Å². The largest absolute Gasteiger partial charge is 0.433 e. The van der Waals surface area contributed by atoms with Gasteiger partial charge in [0, 0.05) is 23.7 Å². The molecule has 4 aromatic rings. The maximum Gasteiger partial charge on any atom is 0.433 e. The third-order valence-electron chi connectivity index (χ3n) is 4.54. The number of aryl methyl sites for hydroxylation is 1. The number of aromatic nitrogens is 4. The minimum absolute atomic E-state index is 0.154. The average molecular weight is 431 g/mol. The number of fused-ring (bicyclic) bond motifs is 1. The summed E-state index contributed by atoms with van der Waals surface area (Å²) < 4.78 is 41.0. The summed E-state index contributed by atoms with van der Waals surface area (Å²) in [6, 6.07) is 12.1. The zero-order valence-electron chi connectivity index (χ0n) is 15.6. The van der Waals surface area contributed by atoms with Gasteiger partial charge >= 0.3 is 11.9 Å². The number of halogens is 4. The first-order valence-corrected chi connectivity index (χ1v) is 9.28. The number of rotatable bonds is 3. The van der Waals surface area contributed by atoms with Gasteiger partial charge in [0.15, 0.2) is 5.65 Å². The number of benzene rings is 1. The van der Waals surface area contributed by atoms with Gasteiger partial charge in [0.25, 0.3) is 0 Å². The maximum absolute atomic E-state index is 13.3. The normalized spacial score (nSPS) is 11.8. The number of nitrogens with zero attached hydrogens (tertiary/aromatic N) is 4. The Kier molecular flexibility index (Phi) is 5.03. The molecule has 4 rings (SSSR count). The van der Waals surface area contributed by atoms with Crippen molar-refractivity contribution in [1.82, 2.24) is 19.5 Å². The highest BCUT2D eigenvalue weighted by Gasteiger charge is 2.33. The molecule has 0 spiro atoms. The summed E-state index contributed by atoms with van der Waals surface area (Å²) in [7, 11) is 0. The number of pyridine rings is 2. The van der Waals surface area contributed by atoms with Gasteiger partial charge in [-0.05, 0) is 48.9 Å². The zero-order valence-corrected chi connectivity index (χ0v) is 16.4. The first-order chi connectivity index (χ1) is 14.2. The molecule has 152 valence electrons. The maximum atomic E-state index is 13.3. The first-order valence-electron chi connectivity index (χ1n) is 8.90. The standard InChI is InChI=1S/C21H14ClF3N4O/c1-12-10-13(8-9-26-12)11-16-14-6-7-18(21(23,24)25)28-19(14)29(20(30)27-16)17-5-3-2-4-15(17)22/h2-10H,11H2,1H3. The summed E-state index contributed by atoms with van der Waals surface area (Å²) >= 11 is 6.20. The van der Waals surface area contributed by atoms with Gasteiger partial charge in [-0.15, -0.1) is 0 Å². The Morgan fingerprint density at radius 1 is 1.07 bits per heavy atom. The van der Waals surface area contributed by atoms with Gasteiger partial charge in [0.1, 0.15) is 5.69 Å². The predicted molar refractivity (Wildman–Crippen MR) is 107 cm³/mol. The Morgan fingerprint density at radius 3 is 2.53 bits per heavy atom. The number of hydrogen-bond acceptors (Lipinski definition) is 4. The molecule has 0 bridgehead atoms. The number of hydrogen-bond donors (Lipinski definition) is 0. The second-order valence-corrected chi connectivity index (χ2v) is 7.08. The molecule has 0 radical (unpaired) electrons. The van der Waals surface area contributed by atoms with E-state index in [4.69, 9.17) is 11.6 Å². The summed E-state index contributed by atoms with van der Waals surface area (Å²) in [5.74, 6) is 0. The van der Waals surface area contributed by atoms with E-state index in [9.17, 15) is 18.0 Å². The average Bonchev–Trinajstić information content (AvgIpc) is 2.68. The molecule has 0 saturated heterocycles. The Morgan fingerprint density at radius 2 is 1.83 bits per heavy atom. The minimum Gasteiger partial charge on any atom is -0.262 e. The quantitative estimate of drug-likeness (QED) is 0.470. The Balaban J connectivity index is 2.01. The Bertz CT molecular complexity index is 1320. The van der Waals surface area contributed by atoms with E-state index in [-0.39, 0.29) is 22.8 Å². The smallest absolute Gasteiger partial charge is 0.262 e. The van der Waals surface area contributed by atoms with Crippen LogP contribution in [0.15, 0.2) is 59.5 Å². The van der Waals surface area contributed by atoms with Gasteiger partial charge in [-0.25, -0.2) is 14.3 Å². The van der Waals surface area contributed by atoms with E-state index in [0.29, 0.717) is 11.1 Å². The summed E-state index contributed by atoms with van der Waals surface area (Å²) in [6.07, 6.45) is -2.80. The lowest BCUT2D eigenvalue weighted by molar-refractivity contribution is -0.141. The fourth-order valence-electron chi connectivity index (χ4n) is 3.21. The lowest BCUT2D eigenvalue weighted by atomic mass is 10.1. The molecule has 0 amide bonds. The van der Waals surface area contributed by atoms with E-state index in [1.165, 1.54) is 18.2 Å². The van der Waals surface area contributed by atoms with Crippen LogP contribution in [0.1, 0.15) is 22.6 Å². The highest BCUT2D eigenvalue weighted by molar-refractivity contribution is 6.32. The van der Waals surface area contributed by atoms with Crippen molar-refractivity contribution >= 4 is 22.6 Å². The molecule has 0 aliphatic heterocycles. The molecule has 0 unspecified atom stereocenters. The fourth-order valence-corrected chi connectivity index (χ4v) is 3.43. The lowest BCUT2D eigenvalue weighted by Crippen LogP contribution is -2.25. The molecular formula is C21H14ClF3N4O. The van der Waals surface area contributed by atoms with Crippen molar-refractivity contribution in [3.63, 3.8) is 0 Å². The molecule has 0 fully saturated rings. The molecule has 3 aromatic heterocycles. The van der Waals surface area contributed by atoms with Crippen LogP contribution in [-0.2, 0) is 12.6 Å². The molecule has 3 heterocycles. The summed E-state index contributed by atoms with van der Waals surface area (Å²) in [5.41, 5.74) is 0.115. The van der Waals surface area contributed by atoms with Gasteiger partial charge in [0.2, 0.25) is 0 Å². The highest BCUT2D eigenvalue weighted by Crippen LogP contribution is 2.31. The van der Waals surface area contributed by atoms with Crippen molar-refractivity contribution in [2.45, 2.75) is 19.5 Å². The monoisotopic (exact) mass is 430 g/mol. The van der Waals surface area contributed by atoms with E-state index in [1.807, 2.05) is 13.0 Å². The van der Waals surface area contributed by atoms with Gasteiger partial charge in [-0.2, -0.15) is 18.2 Å². The zero-order chi connectivity index (χ0) is 21.5. The molecular weight excluding hydrogens is 417 g/mol. The predicted octanol–water partition coefficient (Wildman–Crippen LogP) is 4.75. The van der Waals surface area contributed by atoms with Crippen molar-refractivity contribution in [3.8, 4) is 5.69 Å². The molecule has 0 N–H and O–H groups in total. The highest BCUT2D eigenvalue weighted by atomic mass is 35.5. The van der Waals surface area contributed by atoms with Crippen molar-refractivity contribution in [2.75, 3.05) is 0 Å². The third-order valence-corrected chi connectivity index (χ3v) is 4.86.